The standard InChI is InChI=1S/C8H9N3OS/c1-12-6-3-4-7-8(5-6)11(13-2)10-9-7/h3-5H,1-2H3. The largest absolute Gasteiger partial charge is 0.497 e. The summed E-state index contributed by atoms with van der Waals surface area (Å²) in [6.45, 7) is 0. The summed E-state index contributed by atoms with van der Waals surface area (Å²) in [6, 6.07) is 5.70. The SMILES string of the molecule is COc1ccc2nnn(SC)c2c1. The molecule has 1 heterocycles. The monoisotopic (exact) mass is 195 g/mol. The Labute approximate surface area is 80.0 Å². The minimum Gasteiger partial charge on any atom is -0.497 e. The van der Waals surface area contributed by atoms with Crippen molar-refractivity contribution in [3.8, 4) is 5.75 Å². The molecule has 0 unspecified atom stereocenters. The highest BCUT2D eigenvalue weighted by atomic mass is 32.2. The van der Waals surface area contributed by atoms with Crippen molar-refractivity contribution in [2.45, 2.75) is 0 Å². The van der Waals surface area contributed by atoms with Crippen molar-refractivity contribution in [2.24, 2.45) is 0 Å². The average Bonchev–Trinajstić information content (AvgIpc) is 2.59. The van der Waals surface area contributed by atoms with Crippen LogP contribution < -0.4 is 4.74 Å². The maximum atomic E-state index is 5.11. The molecule has 0 radical (unpaired) electrons. The molecule has 2 rings (SSSR count). The predicted molar refractivity (Wildman–Crippen MR) is 53.0 cm³/mol. The van der Waals surface area contributed by atoms with E-state index in [0.717, 1.165) is 16.8 Å². The van der Waals surface area contributed by atoms with Crippen LogP contribution in [0.25, 0.3) is 11.0 Å². The van der Waals surface area contributed by atoms with E-state index in [2.05, 4.69) is 10.3 Å². The molecule has 5 heteroatoms. The topological polar surface area (TPSA) is 39.9 Å². The maximum Gasteiger partial charge on any atom is 0.121 e. The molecule has 0 fully saturated rings. The molecule has 0 bridgehead atoms. The van der Waals surface area contributed by atoms with Crippen LogP contribution in [0.2, 0.25) is 0 Å². The van der Waals surface area contributed by atoms with Crippen molar-refractivity contribution in [1.82, 2.24) is 14.4 Å². The summed E-state index contributed by atoms with van der Waals surface area (Å²) < 4.78 is 6.87. The van der Waals surface area contributed by atoms with E-state index >= 15 is 0 Å². The van der Waals surface area contributed by atoms with Crippen molar-refractivity contribution < 1.29 is 4.74 Å². The summed E-state index contributed by atoms with van der Waals surface area (Å²) in [5, 5.41) is 7.96. The van der Waals surface area contributed by atoms with Crippen LogP contribution >= 0.6 is 11.9 Å². The molecule has 0 saturated heterocycles. The van der Waals surface area contributed by atoms with Gasteiger partial charge in [0.1, 0.15) is 16.8 Å². The van der Waals surface area contributed by atoms with Gasteiger partial charge in [-0.1, -0.05) is 5.21 Å². The van der Waals surface area contributed by atoms with Crippen LogP contribution in [0.15, 0.2) is 18.2 Å². The van der Waals surface area contributed by atoms with E-state index in [1.165, 1.54) is 11.9 Å². The molecular formula is C8H9N3OS. The van der Waals surface area contributed by atoms with Crippen LogP contribution in [0.3, 0.4) is 0 Å². The van der Waals surface area contributed by atoms with Crippen molar-refractivity contribution in [1.29, 1.82) is 0 Å². The van der Waals surface area contributed by atoms with E-state index in [9.17, 15) is 0 Å². The zero-order chi connectivity index (χ0) is 9.26. The quantitative estimate of drug-likeness (QED) is 0.729. The van der Waals surface area contributed by atoms with Gasteiger partial charge in [0.15, 0.2) is 0 Å². The lowest BCUT2D eigenvalue weighted by atomic mass is 10.3. The third kappa shape index (κ3) is 1.35. The summed E-state index contributed by atoms with van der Waals surface area (Å²) in [4.78, 5) is 0. The van der Waals surface area contributed by atoms with Crippen molar-refractivity contribution in [3.63, 3.8) is 0 Å². The molecule has 68 valence electrons. The second kappa shape index (κ2) is 3.26. The van der Waals surface area contributed by atoms with Gasteiger partial charge in [-0.15, -0.1) is 5.10 Å². The Kier molecular flexibility index (Phi) is 2.10. The first-order chi connectivity index (χ1) is 6.35. The minimum absolute atomic E-state index is 0.824. The lowest BCUT2D eigenvalue weighted by Gasteiger charge is -1.99. The molecular weight excluding hydrogens is 186 g/mol. The zero-order valence-electron chi connectivity index (χ0n) is 7.39. The lowest BCUT2D eigenvalue weighted by Crippen LogP contribution is -1.87. The van der Waals surface area contributed by atoms with Gasteiger partial charge in [0.05, 0.1) is 7.11 Å². The van der Waals surface area contributed by atoms with Gasteiger partial charge in [-0.05, 0) is 24.1 Å². The molecule has 0 N–H and O–H groups in total. The molecule has 13 heavy (non-hydrogen) atoms. The fourth-order valence-electron chi connectivity index (χ4n) is 1.14. The fraction of sp³-hybridized carbons (Fsp3) is 0.250. The predicted octanol–water partition coefficient (Wildman–Crippen LogP) is 1.57. The molecule has 0 atom stereocenters. The van der Waals surface area contributed by atoms with Gasteiger partial charge in [-0.2, -0.15) is 4.09 Å². The summed E-state index contributed by atoms with van der Waals surface area (Å²) in [6.07, 6.45) is 1.95. The highest BCUT2D eigenvalue weighted by Crippen LogP contribution is 2.20. The highest BCUT2D eigenvalue weighted by Gasteiger charge is 2.03. The number of fused-ring (bicyclic) bond motifs is 1. The summed E-state index contributed by atoms with van der Waals surface area (Å²) in [7, 11) is 1.65. The Morgan fingerprint density at radius 3 is 3.00 bits per heavy atom. The first kappa shape index (κ1) is 8.37. The van der Waals surface area contributed by atoms with Crippen LogP contribution in [0.1, 0.15) is 0 Å². The second-order valence-electron chi connectivity index (χ2n) is 2.50. The van der Waals surface area contributed by atoms with Crippen molar-refractivity contribution >= 4 is 23.0 Å². The third-order valence-corrected chi connectivity index (χ3v) is 2.41. The number of ether oxygens (including phenoxy) is 1. The van der Waals surface area contributed by atoms with Gasteiger partial charge < -0.3 is 4.74 Å². The normalized spacial score (nSPS) is 10.6. The van der Waals surface area contributed by atoms with Gasteiger partial charge in [-0.3, -0.25) is 0 Å². The fourth-order valence-corrected chi connectivity index (χ4v) is 1.59. The number of rotatable bonds is 2. The number of hydrogen-bond acceptors (Lipinski definition) is 4. The summed E-state index contributed by atoms with van der Waals surface area (Å²) in [5.74, 6) is 0.824. The molecule has 0 amide bonds. The highest BCUT2D eigenvalue weighted by molar-refractivity contribution is 7.97. The lowest BCUT2D eigenvalue weighted by molar-refractivity contribution is 0.415. The van der Waals surface area contributed by atoms with Crippen LogP contribution in [0.5, 0.6) is 5.75 Å². The van der Waals surface area contributed by atoms with Gasteiger partial charge in [0.25, 0.3) is 0 Å². The molecule has 4 nitrogen and oxygen atoms in total. The van der Waals surface area contributed by atoms with E-state index in [1.807, 2.05) is 24.5 Å². The number of benzene rings is 1. The minimum atomic E-state index is 0.824. The number of hydrogen-bond donors (Lipinski definition) is 0. The first-order valence-corrected chi connectivity index (χ1v) is 4.97. The van der Waals surface area contributed by atoms with Gasteiger partial charge >= 0.3 is 0 Å². The van der Waals surface area contributed by atoms with Crippen LogP contribution in [-0.2, 0) is 0 Å². The molecule has 0 spiro atoms. The van der Waals surface area contributed by atoms with Crippen LogP contribution in [-0.4, -0.2) is 27.8 Å². The number of nitrogens with zero attached hydrogens (tertiary/aromatic N) is 3. The Balaban J connectivity index is 2.64. The molecule has 1 aromatic heterocycles. The zero-order valence-corrected chi connectivity index (χ0v) is 8.21. The Bertz CT molecular complexity index is 426. The third-order valence-electron chi connectivity index (χ3n) is 1.80. The first-order valence-electron chi connectivity index (χ1n) is 3.79. The van der Waals surface area contributed by atoms with Gasteiger partial charge in [0.2, 0.25) is 0 Å². The molecule has 0 aliphatic rings. The van der Waals surface area contributed by atoms with Gasteiger partial charge in [-0.25, -0.2) is 0 Å². The smallest absolute Gasteiger partial charge is 0.121 e. The van der Waals surface area contributed by atoms with E-state index in [4.69, 9.17) is 4.74 Å². The van der Waals surface area contributed by atoms with E-state index < -0.39 is 0 Å². The average molecular weight is 195 g/mol. The second-order valence-corrected chi connectivity index (χ2v) is 3.21. The van der Waals surface area contributed by atoms with Gasteiger partial charge in [0, 0.05) is 12.3 Å². The molecule has 0 aliphatic carbocycles. The Hall–Kier alpha value is -1.23. The van der Waals surface area contributed by atoms with E-state index in [0.29, 0.717) is 0 Å². The number of aromatic nitrogens is 3. The molecule has 2 aromatic rings. The molecule has 1 aromatic carbocycles. The summed E-state index contributed by atoms with van der Waals surface area (Å²) in [5.41, 5.74) is 1.86. The Morgan fingerprint density at radius 1 is 1.46 bits per heavy atom. The van der Waals surface area contributed by atoms with E-state index in [-0.39, 0.29) is 0 Å². The van der Waals surface area contributed by atoms with E-state index in [1.54, 1.807) is 11.2 Å². The summed E-state index contributed by atoms with van der Waals surface area (Å²) >= 11 is 1.51. The number of methoxy groups -OCH3 is 1. The maximum absolute atomic E-state index is 5.11. The Morgan fingerprint density at radius 2 is 2.31 bits per heavy atom. The van der Waals surface area contributed by atoms with Crippen LogP contribution in [0.4, 0.5) is 0 Å². The molecule has 0 aliphatic heterocycles. The van der Waals surface area contributed by atoms with Crippen molar-refractivity contribution in [2.75, 3.05) is 13.4 Å². The van der Waals surface area contributed by atoms with Crippen molar-refractivity contribution in [3.05, 3.63) is 18.2 Å². The molecule has 0 saturated carbocycles. The van der Waals surface area contributed by atoms with Crippen LogP contribution in [0, 0.1) is 0 Å².